The van der Waals surface area contributed by atoms with Crippen LogP contribution in [0.4, 0.5) is 28.4 Å². The number of carbonyl (C=O) groups is 1. The van der Waals surface area contributed by atoms with E-state index >= 15 is 0 Å². The van der Waals surface area contributed by atoms with E-state index in [2.05, 4.69) is 15.4 Å². The number of anilines is 4. The zero-order valence-corrected chi connectivity index (χ0v) is 21.4. The number of sulfonamides is 1. The SMILES string of the molecule is COc1cc(-c2ccc3c(c2)Nc2cc(NS(=O)(=O)CCCN(C)C)ccc2NC3=O)ccc1[N+](=O)[O-]. The molecule has 3 aromatic rings. The van der Waals surface area contributed by atoms with Gasteiger partial charge in [0.15, 0.2) is 5.75 Å². The number of nitro groups is 1. The molecule has 37 heavy (non-hydrogen) atoms. The molecule has 1 aliphatic rings. The zero-order valence-electron chi connectivity index (χ0n) is 20.6. The van der Waals surface area contributed by atoms with Gasteiger partial charge in [0.05, 0.1) is 46.1 Å². The molecular weight excluding hydrogens is 498 g/mol. The van der Waals surface area contributed by atoms with Gasteiger partial charge in [0.25, 0.3) is 5.91 Å². The van der Waals surface area contributed by atoms with Crippen molar-refractivity contribution in [1.29, 1.82) is 0 Å². The van der Waals surface area contributed by atoms with Crippen LogP contribution in [-0.2, 0) is 10.0 Å². The van der Waals surface area contributed by atoms with Gasteiger partial charge in [0, 0.05) is 6.07 Å². The molecule has 0 bridgehead atoms. The van der Waals surface area contributed by atoms with Gasteiger partial charge in [-0.05, 0) is 80.7 Å². The summed E-state index contributed by atoms with van der Waals surface area (Å²) in [6.45, 7) is 0.651. The van der Waals surface area contributed by atoms with Crippen molar-refractivity contribution in [2.45, 2.75) is 6.42 Å². The van der Waals surface area contributed by atoms with Crippen LogP contribution in [0.15, 0.2) is 54.6 Å². The van der Waals surface area contributed by atoms with Gasteiger partial charge in [-0.25, -0.2) is 8.42 Å². The Hall–Kier alpha value is -4.16. The van der Waals surface area contributed by atoms with Gasteiger partial charge >= 0.3 is 5.69 Å². The number of benzene rings is 3. The number of rotatable bonds is 9. The van der Waals surface area contributed by atoms with Crippen molar-refractivity contribution in [2.24, 2.45) is 0 Å². The highest BCUT2D eigenvalue weighted by atomic mass is 32.2. The number of nitrogens with zero attached hydrogens (tertiary/aromatic N) is 2. The number of hydrogen-bond acceptors (Lipinski definition) is 8. The van der Waals surface area contributed by atoms with Crippen LogP contribution >= 0.6 is 0 Å². The van der Waals surface area contributed by atoms with Crippen LogP contribution in [0.25, 0.3) is 11.1 Å². The summed E-state index contributed by atoms with van der Waals surface area (Å²) >= 11 is 0. The van der Waals surface area contributed by atoms with E-state index in [1.807, 2.05) is 19.0 Å². The lowest BCUT2D eigenvalue weighted by Gasteiger charge is -2.14. The maximum absolute atomic E-state index is 12.9. The first-order valence-corrected chi connectivity index (χ1v) is 13.1. The van der Waals surface area contributed by atoms with Crippen molar-refractivity contribution >= 4 is 44.4 Å². The highest BCUT2D eigenvalue weighted by Crippen LogP contribution is 2.38. The fourth-order valence-electron chi connectivity index (χ4n) is 3.99. The summed E-state index contributed by atoms with van der Waals surface area (Å²) in [7, 11) is 1.58. The number of ether oxygens (including phenoxy) is 1. The Morgan fingerprint density at radius 2 is 1.70 bits per heavy atom. The van der Waals surface area contributed by atoms with Crippen molar-refractivity contribution in [3.8, 4) is 16.9 Å². The number of amides is 1. The number of carbonyl (C=O) groups excluding carboxylic acids is 1. The van der Waals surface area contributed by atoms with E-state index < -0.39 is 14.9 Å². The van der Waals surface area contributed by atoms with E-state index in [1.54, 1.807) is 48.5 Å². The Morgan fingerprint density at radius 1 is 0.973 bits per heavy atom. The highest BCUT2D eigenvalue weighted by molar-refractivity contribution is 7.92. The molecule has 4 rings (SSSR count). The molecule has 0 unspecified atom stereocenters. The van der Waals surface area contributed by atoms with Gasteiger partial charge in [-0.2, -0.15) is 0 Å². The van der Waals surface area contributed by atoms with Crippen LogP contribution in [0.3, 0.4) is 0 Å². The summed E-state index contributed by atoms with van der Waals surface area (Å²) in [5, 5.41) is 17.3. The van der Waals surface area contributed by atoms with Gasteiger partial charge in [-0.1, -0.05) is 6.07 Å². The molecule has 0 aliphatic carbocycles. The lowest BCUT2D eigenvalue weighted by atomic mass is 10.0. The lowest BCUT2D eigenvalue weighted by molar-refractivity contribution is -0.385. The second kappa shape index (κ2) is 10.4. The van der Waals surface area contributed by atoms with Crippen LogP contribution in [-0.4, -0.2) is 57.7 Å². The zero-order chi connectivity index (χ0) is 26.7. The van der Waals surface area contributed by atoms with E-state index in [0.717, 1.165) is 0 Å². The Labute approximate surface area is 214 Å². The third-order valence-electron chi connectivity index (χ3n) is 5.80. The van der Waals surface area contributed by atoms with Crippen LogP contribution in [0.1, 0.15) is 16.8 Å². The molecule has 0 saturated heterocycles. The molecule has 194 valence electrons. The summed E-state index contributed by atoms with van der Waals surface area (Å²) in [6.07, 6.45) is 0.491. The molecule has 12 heteroatoms. The molecule has 1 heterocycles. The monoisotopic (exact) mass is 525 g/mol. The predicted molar refractivity (Wildman–Crippen MR) is 143 cm³/mol. The topological polar surface area (TPSA) is 143 Å². The van der Waals surface area contributed by atoms with Crippen LogP contribution in [0.2, 0.25) is 0 Å². The largest absolute Gasteiger partial charge is 0.490 e. The summed E-state index contributed by atoms with van der Waals surface area (Å²) in [5.41, 5.74) is 3.48. The third kappa shape index (κ3) is 5.98. The number of fused-ring (bicyclic) bond motifs is 2. The first kappa shape index (κ1) is 25.9. The molecule has 0 fully saturated rings. The molecule has 3 N–H and O–H groups in total. The van der Waals surface area contributed by atoms with Crippen molar-refractivity contribution in [3.63, 3.8) is 0 Å². The quantitative estimate of drug-likeness (QED) is 0.278. The first-order valence-electron chi connectivity index (χ1n) is 11.4. The fraction of sp³-hybridized carbons (Fsp3) is 0.240. The second-order valence-electron chi connectivity index (χ2n) is 8.82. The summed E-state index contributed by atoms with van der Waals surface area (Å²) in [6, 6.07) is 14.5. The van der Waals surface area contributed by atoms with Crippen LogP contribution in [0, 0.1) is 10.1 Å². The number of hydrogen-bond donors (Lipinski definition) is 3. The van der Waals surface area contributed by atoms with Crippen LogP contribution < -0.4 is 20.1 Å². The average Bonchev–Trinajstić information content (AvgIpc) is 2.97. The van der Waals surface area contributed by atoms with Gasteiger partial charge in [0.1, 0.15) is 0 Å². The summed E-state index contributed by atoms with van der Waals surface area (Å²) in [4.78, 5) is 25.5. The van der Waals surface area contributed by atoms with Crippen molar-refractivity contribution in [3.05, 3.63) is 70.3 Å². The van der Waals surface area contributed by atoms with Gasteiger partial charge in [-0.3, -0.25) is 19.6 Å². The predicted octanol–water partition coefficient (Wildman–Crippen LogP) is 4.27. The standard InChI is InChI=1S/C25H27N5O6S/c1-29(2)11-4-12-37(34,35)28-18-7-9-20-22(15-18)26-21-13-16(5-8-19(21)25(31)27-20)17-6-10-23(30(32)33)24(14-17)36-3/h5-10,13-15,26,28H,4,11-12H2,1-3H3,(H,27,31). The number of nitro benzene ring substituents is 1. The van der Waals surface area contributed by atoms with E-state index in [-0.39, 0.29) is 23.1 Å². The fourth-order valence-corrected chi connectivity index (χ4v) is 5.09. The molecule has 11 nitrogen and oxygen atoms in total. The van der Waals surface area contributed by atoms with Crippen molar-refractivity contribution in [1.82, 2.24) is 4.90 Å². The normalized spacial score (nSPS) is 12.6. The maximum Gasteiger partial charge on any atom is 0.310 e. The highest BCUT2D eigenvalue weighted by Gasteiger charge is 2.22. The Kier molecular flexibility index (Phi) is 7.32. The van der Waals surface area contributed by atoms with Gasteiger partial charge < -0.3 is 20.3 Å². The van der Waals surface area contributed by atoms with E-state index in [4.69, 9.17) is 4.74 Å². The minimum absolute atomic E-state index is 0.0165. The Morgan fingerprint density at radius 3 is 2.41 bits per heavy atom. The maximum atomic E-state index is 12.9. The molecule has 1 aliphatic heterocycles. The molecule has 0 aromatic heterocycles. The molecule has 0 atom stereocenters. The molecule has 0 spiro atoms. The summed E-state index contributed by atoms with van der Waals surface area (Å²) < 4.78 is 32.8. The minimum atomic E-state index is -3.55. The molecule has 0 saturated carbocycles. The first-order chi connectivity index (χ1) is 17.6. The van der Waals surface area contributed by atoms with E-state index in [0.29, 0.717) is 52.4 Å². The molecule has 1 amide bonds. The molecule has 3 aromatic carbocycles. The van der Waals surface area contributed by atoms with Crippen molar-refractivity contribution < 1.29 is 22.9 Å². The molecular formula is C25H27N5O6S. The Bertz CT molecular complexity index is 1470. The van der Waals surface area contributed by atoms with E-state index in [1.165, 1.54) is 13.2 Å². The van der Waals surface area contributed by atoms with Crippen LogP contribution in [0.5, 0.6) is 5.75 Å². The van der Waals surface area contributed by atoms with Crippen molar-refractivity contribution in [2.75, 3.05) is 48.9 Å². The smallest absolute Gasteiger partial charge is 0.310 e. The summed E-state index contributed by atoms with van der Waals surface area (Å²) in [5.74, 6) is -0.223. The second-order valence-corrected chi connectivity index (χ2v) is 10.7. The Balaban J connectivity index is 1.63. The lowest BCUT2D eigenvalue weighted by Crippen LogP contribution is -2.21. The average molecular weight is 526 g/mol. The third-order valence-corrected chi connectivity index (χ3v) is 7.18. The molecule has 0 radical (unpaired) electrons. The van der Waals surface area contributed by atoms with Gasteiger partial charge in [0.2, 0.25) is 10.0 Å². The van der Waals surface area contributed by atoms with E-state index in [9.17, 15) is 23.3 Å². The minimum Gasteiger partial charge on any atom is -0.490 e. The number of nitrogens with one attached hydrogen (secondary N) is 3. The van der Waals surface area contributed by atoms with Gasteiger partial charge in [-0.15, -0.1) is 0 Å². The number of methoxy groups -OCH3 is 1.